The van der Waals surface area contributed by atoms with Gasteiger partial charge in [0.25, 0.3) is 5.92 Å². The molecule has 2 aromatic heterocycles. The van der Waals surface area contributed by atoms with Crippen molar-refractivity contribution in [3.63, 3.8) is 0 Å². The zero-order chi connectivity index (χ0) is 32.6. The van der Waals surface area contributed by atoms with Crippen LogP contribution >= 0.6 is 0 Å². The third-order valence-corrected chi connectivity index (χ3v) is 7.71. The maximum atomic E-state index is 14.4. The molecule has 242 valence electrons. The molecular formula is C34H45F2N7O2. The number of aryl methyl sites for hydroxylation is 1. The molecule has 2 atom stereocenters. The lowest BCUT2D eigenvalue weighted by Crippen LogP contribution is -2.25. The highest BCUT2D eigenvalue weighted by Crippen LogP contribution is 2.33. The van der Waals surface area contributed by atoms with Crippen LogP contribution in [-0.4, -0.2) is 53.2 Å². The van der Waals surface area contributed by atoms with Crippen LogP contribution in [-0.2, 0) is 17.1 Å². The van der Waals surface area contributed by atoms with Crippen molar-refractivity contribution in [3.05, 3.63) is 81.9 Å². The smallest absolute Gasteiger partial charge is 0.354 e. The van der Waals surface area contributed by atoms with Crippen LogP contribution in [0.5, 0.6) is 0 Å². The van der Waals surface area contributed by atoms with E-state index in [0.717, 1.165) is 50.3 Å². The molecule has 4 aromatic rings. The number of aromatic nitrogens is 3. The van der Waals surface area contributed by atoms with Gasteiger partial charge in [0.05, 0.1) is 11.5 Å². The Balaban J connectivity index is 1.58. The summed E-state index contributed by atoms with van der Waals surface area (Å²) in [4.78, 5) is 24.8. The number of nitrogens with two attached hydrogens (primary N) is 2. The van der Waals surface area contributed by atoms with Crippen molar-refractivity contribution in [3.8, 4) is 16.9 Å². The normalized spacial score (nSPS) is 13.8. The molecule has 0 amide bonds. The molecule has 2 heterocycles. The minimum atomic E-state index is -3.00. The van der Waals surface area contributed by atoms with Crippen molar-refractivity contribution in [1.29, 1.82) is 0 Å². The van der Waals surface area contributed by atoms with Gasteiger partial charge in [-0.3, -0.25) is 9.56 Å². The molecular weight excluding hydrogens is 576 g/mol. The summed E-state index contributed by atoms with van der Waals surface area (Å²) in [7, 11) is 1.68. The van der Waals surface area contributed by atoms with Gasteiger partial charge in [0, 0.05) is 62.1 Å². The van der Waals surface area contributed by atoms with Crippen molar-refractivity contribution >= 4 is 16.9 Å². The highest BCUT2D eigenvalue weighted by molar-refractivity contribution is 5.83. The Hall–Kier alpha value is -3.93. The van der Waals surface area contributed by atoms with E-state index in [1.807, 2.05) is 43.3 Å². The van der Waals surface area contributed by atoms with Gasteiger partial charge < -0.3 is 26.5 Å². The molecule has 4 rings (SSSR count). The first-order valence-electron chi connectivity index (χ1n) is 15.4. The standard InChI is InChI=1S/C34H45F2N7O2/c1-22(37)7-5-8-24-17-26(19-28(18-24)34(3,35)36)31-20-27-21-43(33(44)42-32(27)41-31)29-11-9-25(10-12-29)30(13-16-45-4)40-15-6-14-39-23(2)38/h9-12,17-22,30,40H,5-8,13-16,37H2,1-4H3,(H2,38,39)(H,41,42,44). The van der Waals surface area contributed by atoms with E-state index >= 15 is 0 Å². The van der Waals surface area contributed by atoms with Crippen molar-refractivity contribution in [2.45, 2.75) is 70.9 Å². The number of amidine groups is 1. The number of halogens is 2. The number of methoxy groups -OCH3 is 1. The molecule has 2 aromatic carbocycles. The van der Waals surface area contributed by atoms with Crippen molar-refractivity contribution in [2.75, 3.05) is 26.8 Å². The van der Waals surface area contributed by atoms with E-state index in [2.05, 4.69) is 20.3 Å². The zero-order valence-corrected chi connectivity index (χ0v) is 26.6. The number of benzene rings is 2. The molecule has 0 spiro atoms. The van der Waals surface area contributed by atoms with Crippen LogP contribution in [0.15, 0.2) is 64.5 Å². The monoisotopic (exact) mass is 621 g/mol. The van der Waals surface area contributed by atoms with Gasteiger partial charge in [0.2, 0.25) is 0 Å². The van der Waals surface area contributed by atoms with E-state index in [1.54, 1.807) is 26.3 Å². The maximum Gasteiger partial charge on any atom is 0.354 e. The molecule has 9 nitrogen and oxygen atoms in total. The second kappa shape index (κ2) is 15.4. The van der Waals surface area contributed by atoms with E-state index in [0.29, 0.717) is 53.4 Å². The Labute approximate surface area is 263 Å². The molecule has 11 heteroatoms. The molecule has 45 heavy (non-hydrogen) atoms. The Bertz CT molecular complexity index is 1640. The quantitative estimate of drug-likeness (QED) is 0.0731. The summed E-state index contributed by atoms with van der Waals surface area (Å²) in [5, 5.41) is 4.25. The summed E-state index contributed by atoms with van der Waals surface area (Å²) in [6.07, 6.45) is 5.61. The number of alkyl halides is 2. The molecule has 0 saturated heterocycles. The summed E-state index contributed by atoms with van der Waals surface area (Å²) >= 11 is 0. The largest absolute Gasteiger partial charge is 0.388 e. The predicted octanol–water partition coefficient (Wildman–Crippen LogP) is 5.60. The number of fused-ring (bicyclic) bond motifs is 1. The van der Waals surface area contributed by atoms with Gasteiger partial charge in [-0.15, -0.1) is 0 Å². The highest BCUT2D eigenvalue weighted by atomic mass is 19.3. The van der Waals surface area contributed by atoms with Gasteiger partial charge >= 0.3 is 5.69 Å². The molecule has 6 N–H and O–H groups in total. The number of hydrogen-bond acceptors (Lipinski definition) is 6. The topological polar surface area (TPSA) is 136 Å². The number of aromatic amines is 1. The number of nitrogens with zero attached hydrogens (tertiary/aromatic N) is 3. The molecule has 0 fully saturated rings. The van der Waals surface area contributed by atoms with Gasteiger partial charge in [0.1, 0.15) is 5.65 Å². The third-order valence-electron chi connectivity index (χ3n) is 7.71. The van der Waals surface area contributed by atoms with Crippen molar-refractivity contribution < 1.29 is 13.5 Å². The van der Waals surface area contributed by atoms with Crippen LogP contribution in [0.4, 0.5) is 8.78 Å². The lowest BCUT2D eigenvalue weighted by Gasteiger charge is -2.19. The van der Waals surface area contributed by atoms with Crippen LogP contribution in [0.3, 0.4) is 0 Å². The van der Waals surface area contributed by atoms with Crippen LogP contribution < -0.4 is 22.5 Å². The fourth-order valence-electron chi connectivity index (χ4n) is 5.31. The highest BCUT2D eigenvalue weighted by Gasteiger charge is 2.26. The second-order valence-corrected chi connectivity index (χ2v) is 11.8. The number of rotatable bonds is 16. The lowest BCUT2D eigenvalue weighted by molar-refractivity contribution is 0.0174. The number of hydrogen-bond donors (Lipinski definition) is 4. The van der Waals surface area contributed by atoms with E-state index in [4.69, 9.17) is 16.2 Å². The summed E-state index contributed by atoms with van der Waals surface area (Å²) in [6, 6.07) is 14.7. The van der Waals surface area contributed by atoms with E-state index in [-0.39, 0.29) is 17.6 Å². The number of nitrogens with one attached hydrogen (secondary N) is 2. The van der Waals surface area contributed by atoms with Crippen molar-refractivity contribution in [2.24, 2.45) is 16.5 Å². The van der Waals surface area contributed by atoms with Gasteiger partial charge in [-0.05, 0) is 106 Å². The van der Waals surface area contributed by atoms with Gasteiger partial charge in [-0.2, -0.15) is 4.98 Å². The lowest BCUT2D eigenvalue weighted by atomic mass is 9.97. The number of H-pyrrole nitrogens is 1. The molecule has 0 aliphatic carbocycles. The molecule has 0 radical (unpaired) electrons. The Kier molecular flexibility index (Phi) is 11.6. The fourth-order valence-corrected chi connectivity index (χ4v) is 5.31. The first-order valence-corrected chi connectivity index (χ1v) is 15.4. The fraction of sp³-hybridized carbons (Fsp3) is 0.441. The summed E-state index contributed by atoms with van der Waals surface area (Å²) in [5.41, 5.74) is 15.2. The average molecular weight is 622 g/mol. The van der Waals surface area contributed by atoms with Crippen molar-refractivity contribution in [1.82, 2.24) is 19.9 Å². The first-order chi connectivity index (χ1) is 21.4. The molecule has 0 aliphatic rings. The predicted molar refractivity (Wildman–Crippen MR) is 177 cm³/mol. The van der Waals surface area contributed by atoms with Crippen LogP contribution in [0.2, 0.25) is 0 Å². The first kappa shape index (κ1) is 34.0. The minimum absolute atomic E-state index is 0.0506. The van der Waals surface area contributed by atoms with E-state index in [9.17, 15) is 13.6 Å². The Morgan fingerprint density at radius 1 is 1.16 bits per heavy atom. The summed E-state index contributed by atoms with van der Waals surface area (Å²) in [5.74, 6) is -2.42. The van der Waals surface area contributed by atoms with E-state index < -0.39 is 11.6 Å². The van der Waals surface area contributed by atoms with Crippen LogP contribution in [0, 0.1) is 0 Å². The summed E-state index contributed by atoms with van der Waals surface area (Å²) < 4.78 is 35.7. The SMILES string of the molecule is COCCC(NCCCN=C(C)N)c1ccc(-n2cc3cc(-c4cc(CCCC(C)N)cc(C(C)(F)F)c4)[nH]c3nc2=O)cc1. The summed E-state index contributed by atoms with van der Waals surface area (Å²) in [6.45, 7) is 6.65. The maximum absolute atomic E-state index is 14.4. The zero-order valence-electron chi connectivity index (χ0n) is 26.6. The van der Waals surface area contributed by atoms with Gasteiger partial charge in [0.15, 0.2) is 0 Å². The van der Waals surface area contributed by atoms with Gasteiger partial charge in [-0.25, -0.2) is 13.6 Å². The van der Waals surface area contributed by atoms with E-state index in [1.165, 1.54) is 10.6 Å². The Morgan fingerprint density at radius 3 is 2.58 bits per heavy atom. The number of aliphatic imine (C=N–C) groups is 1. The second-order valence-electron chi connectivity index (χ2n) is 11.8. The molecule has 0 aliphatic heterocycles. The van der Waals surface area contributed by atoms with Crippen LogP contribution in [0.1, 0.15) is 69.2 Å². The molecule has 2 unspecified atom stereocenters. The molecule has 0 bridgehead atoms. The number of ether oxygens (including phenoxy) is 1. The van der Waals surface area contributed by atoms with Crippen LogP contribution in [0.25, 0.3) is 28.0 Å². The average Bonchev–Trinajstić information content (AvgIpc) is 3.40. The third kappa shape index (κ3) is 9.53. The minimum Gasteiger partial charge on any atom is -0.388 e. The molecule has 0 saturated carbocycles. The Morgan fingerprint density at radius 2 is 1.91 bits per heavy atom. The van der Waals surface area contributed by atoms with Gasteiger partial charge in [-0.1, -0.05) is 12.1 Å².